The number of rotatable bonds is 0. The number of aromatic nitrogens is 1. The summed E-state index contributed by atoms with van der Waals surface area (Å²) in [5, 5.41) is 0. The molecule has 0 saturated heterocycles. The van der Waals surface area contributed by atoms with Crippen molar-refractivity contribution in [2.24, 2.45) is 0 Å². The second-order valence-electron chi connectivity index (χ2n) is 2.66. The number of pyridine rings is 1. The van der Waals surface area contributed by atoms with Crippen LogP contribution in [0.2, 0.25) is 0 Å². The van der Waals surface area contributed by atoms with Gasteiger partial charge in [0, 0.05) is 12.1 Å². The van der Waals surface area contributed by atoms with Crippen molar-refractivity contribution in [3.05, 3.63) is 33.7 Å². The molecule has 0 aliphatic heterocycles. The third-order valence-corrected chi connectivity index (χ3v) is 1.53. The summed E-state index contributed by atoms with van der Waals surface area (Å²) in [4.78, 5) is 24.3. The van der Waals surface area contributed by atoms with Crippen LogP contribution in [0.4, 0.5) is 0 Å². The topological polar surface area (TPSA) is 59.2 Å². The van der Waals surface area contributed by atoms with Crippen LogP contribution in [0, 0.1) is 18.8 Å². The minimum atomic E-state index is -0.661. The lowest BCUT2D eigenvalue weighted by Crippen LogP contribution is -2.09. The van der Waals surface area contributed by atoms with E-state index in [0.717, 1.165) is 5.56 Å². The van der Waals surface area contributed by atoms with Crippen molar-refractivity contribution in [1.29, 1.82) is 0 Å². The first kappa shape index (κ1) is 10.1. The van der Waals surface area contributed by atoms with Crippen LogP contribution in [0.5, 0.6) is 0 Å². The molecule has 4 heteroatoms. The summed E-state index contributed by atoms with van der Waals surface area (Å²) in [6.07, 6.45) is 1.58. The van der Waals surface area contributed by atoms with Crippen molar-refractivity contribution in [2.45, 2.75) is 6.92 Å². The normalized spacial score (nSPS) is 8.71. The van der Waals surface area contributed by atoms with E-state index in [0.29, 0.717) is 0 Å². The zero-order valence-corrected chi connectivity index (χ0v) is 7.88. The quantitative estimate of drug-likeness (QED) is 0.471. The molecule has 0 saturated carbocycles. The molecule has 0 radical (unpaired) electrons. The van der Waals surface area contributed by atoms with Crippen LogP contribution < -0.4 is 5.56 Å². The highest BCUT2D eigenvalue weighted by molar-refractivity contribution is 5.88. The fourth-order valence-corrected chi connectivity index (χ4v) is 0.854. The molecule has 72 valence electrons. The van der Waals surface area contributed by atoms with E-state index in [1.807, 2.05) is 6.92 Å². The third-order valence-electron chi connectivity index (χ3n) is 1.53. The number of nitrogens with one attached hydrogen (secondary N) is 1. The number of carbonyl (C=O) groups excluding carboxylic acids is 1. The van der Waals surface area contributed by atoms with E-state index in [1.54, 1.807) is 12.3 Å². The first-order valence-electron chi connectivity index (χ1n) is 3.93. The summed E-state index contributed by atoms with van der Waals surface area (Å²) in [7, 11) is 1.23. The van der Waals surface area contributed by atoms with E-state index in [1.165, 1.54) is 7.11 Å². The van der Waals surface area contributed by atoms with Gasteiger partial charge in [0.05, 0.1) is 12.7 Å². The lowest BCUT2D eigenvalue weighted by atomic mass is 10.2. The van der Waals surface area contributed by atoms with Gasteiger partial charge in [0.25, 0.3) is 5.56 Å². The highest BCUT2D eigenvalue weighted by Gasteiger charge is 1.96. The number of esters is 1. The Kier molecular flexibility index (Phi) is 3.08. The van der Waals surface area contributed by atoms with Crippen LogP contribution in [0.3, 0.4) is 0 Å². The molecule has 1 aromatic heterocycles. The number of hydrogen-bond donors (Lipinski definition) is 1. The van der Waals surface area contributed by atoms with E-state index < -0.39 is 5.97 Å². The fraction of sp³-hybridized carbons (Fsp3) is 0.200. The maximum atomic E-state index is 11.2. The highest BCUT2D eigenvalue weighted by atomic mass is 16.5. The zero-order chi connectivity index (χ0) is 10.6. The van der Waals surface area contributed by atoms with Gasteiger partial charge in [-0.15, -0.1) is 0 Å². The third kappa shape index (κ3) is 2.49. The maximum Gasteiger partial charge on any atom is 0.384 e. The van der Waals surface area contributed by atoms with Crippen LogP contribution in [0.15, 0.2) is 17.1 Å². The van der Waals surface area contributed by atoms with Gasteiger partial charge in [-0.3, -0.25) is 4.79 Å². The van der Waals surface area contributed by atoms with Gasteiger partial charge in [0.15, 0.2) is 0 Å². The van der Waals surface area contributed by atoms with Crippen molar-refractivity contribution >= 4 is 5.97 Å². The van der Waals surface area contributed by atoms with Gasteiger partial charge in [-0.2, -0.15) is 0 Å². The Labute approximate surface area is 80.9 Å². The van der Waals surface area contributed by atoms with Crippen molar-refractivity contribution < 1.29 is 9.53 Å². The number of methoxy groups -OCH3 is 1. The highest BCUT2D eigenvalue weighted by Crippen LogP contribution is 1.93. The Morgan fingerprint density at radius 2 is 2.29 bits per heavy atom. The molecule has 1 rings (SSSR count). The summed E-state index contributed by atoms with van der Waals surface area (Å²) < 4.78 is 4.32. The summed E-state index contributed by atoms with van der Waals surface area (Å²) in [5.41, 5.74) is 0.821. The van der Waals surface area contributed by atoms with Gasteiger partial charge in [-0.05, 0) is 24.5 Å². The second kappa shape index (κ2) is 4.28. The summed E-state index contributed by atoms with van der Waals surface area (Å²) >= 11 is 0. The average molecular weight is 191 g/mol. The average Bonchev–Trinajstić information content (AvgIpc) is 2.19. The van der Waals surface area contributed by atoms with E-state index in [4.69, 9.17) is 0 Å². The van der Waals surface area contributed by atoms with Crippen LogP contribution >= 0.6 is 0 Å². The number of aryl methyl sites for hydroxylation is 1. The Bertz CT molecular complexity index is 462. The smallest absolute Gasteiger partial charge is 0.384 e. The van der Waals surface area contributed by atoms with Crippen molar-refractivity contribution in [3.8, 4) is 11.8 Å². The molecule has 1 N–H and O–H groups in total. The molecule has 4 nitrogen and oxygen atoms in total. The number of H-pyrrole nitrogens is 1. The van der Waals surface area contributed by atoms with Crippen molar-refractivity contribution in [1.82, 2.24) is 4.98 Å². The molecule has 0 atom stereocenters. The molecule has 0 aliphatic rings. The zero-order valence-electron chi connectivity index (χ0n) is 7.88. The number of ether oxygens (including phenoxy) is 1. The molecular formula is C10H9NO3. The summed E-state index contributed by atoms with van der Waals surface area (Å²) in [6.45, 7) is 1.82. The van der Waals surface area contributed by atoms with Crippen LogP contribution in [-0.2, 0) is 9.53 Å². The van der Waals surface area contributed by atoms with Crippen molar-refractivity contribution in [2.75, 3.05) is 7.11 Å². The molecule has 0 aromatic carbocycles. The molecule has 0 bridgehead atoms. The molecule has 1 heterocycles. The molecule has 0 unspecified atom stereocenters. The Balaban J connectivity index is 3.06. The first-order chi connectivity index (χ1) is 6.63. The van der Waals surface area contributed by atoms with Crippen LogP contribution in [0.25, 0.3) is 0 Å². The van der Waals surface area contributed by atoms with Gasteiger partial charge in [0.2, 0.25) is 0 Å². The van der Waals surface area contributed by atoms with E-state index in [9.17, 15) is 9.59 Å². The molecule has 0 spiro atoms. The van der Waals surface area contributed by atoms with E-state index >= 15 is 0 Å². The van der Waals surface area contributed by atoms with Crippen LogP contribution in [0.1, 0.15) is 11.1 Å². The Hall–Kier alpha value is -2.02. The minimum Gasteiger partial charge on any atom is -0.459 e. The molecule has 0 fully saturated rings. The Morgan fingerprint density at radius 3 is 2.93 bits per heavy atom. The maximum absolute atomic E-state index is 11.2. The van der Waals surface area contributed by atoms with Gasteiger partial charge in [0.1, 0.15) is 0 Å². The molecule has 1 aromatic rings. The molecule has 0 aliphatic carbocycles. The predicted octanol–water partition coefficient (Wildman–Crippen LogP) is 0.208. The van der Waals surface area contributed by atoms with E-state index in [2.05, 4.69) is 21.6 Å². The van der Waals surface area contributed by atoms with Gasteiger partial charge in [-0.25, -0.2) is 4.79 Å². The fourth-order valence-electron chi connectivity index (χ4n) is 0.854. The lowest BCUT2D eigenvalue weighted by molar-refractivity contribution is -0.133. The standard InChI is InChI=1S/C10H9NO3/c1-7-5-8(10(13)11-6-7)3-4-9(12)14-2/h5-6H,1-2H3,(H,11,13). The molecule has 0 amide bonds. The summed E-state index contributed by atoms with van der Waals surface area (Å²) in [5.74, 6) is 3.96. The van der Waals surface area contributed by atoms with E-state index in [-0.39, 0.29) is 11.1 Å². The van der Waals surface area contributed by atoms with Gasteiger partial charge in [-0.1, -0.05) is 0 Å². The SMILES string of the molecule is COC(=O)C#Cc1cc(C)c[nH]c1=O. The second-order valence-corrected chi connectivity index (χ2v) is 2.66. The molecule has 14 heavy (non-hydrogen) atoms. The Morgan fingerprint density at radius 1 is 1.57 bits per heavy atom. The predicted molar refractivity (Wildman–Crippen MR) is 50.7 cm³/mol. The number of carbonyl (C=O) groups is 1. The number of aromatic amines is 1. The van der Waals surface area contributed by atoms with Gasteiger partial charge < -0.3 is 9.72 Å². The van der Waals surface area contributed by atoms with Crippen LogP contribution in [-0.4, -0.2) is 18.1 Å². The lowest BCUT2D eigenvalue weighted by Gasteiger charge is -1.91. The monoisotopic (exact) mass is 191 g/mol. The van der Waals surface area contributed by atoms with Crippen molar-refractivity contribution in [3.63, 3.8) is 0 Å². The minimum absolute atomic E-state index is 0.260. The first-order valence-corrected chi connectivity index (χ1v) is 3.93. The number of hydrogen-bond acceptors (Lipinski definition) is 3. The largest absolute Gasteiger partial charge is 0.459 e. The molecular weight excluding hydrogens is 182 g/mol. The summed E-state index contributed by atoms with van der Waals surface area (Å²) in [6, 6.07) is 1.61. The van der Waals surface area contributed by atoms with Gasteiger partial charge >= 0.3 is 5.97 Å².